The molecule has 1 unspecified atom stereocenters. The minimum atomic E-state index is -0.422. The van der Waals surface area contributed by atoms with Crippen LogP contribution in [0.2, 0.25) is 0 Å². The number of pyridine rings is 2. The first-order chi connectivity index (χ1) is 20.2. The second kappa shape index (κ2) is 14.3. The molecule has 0 aliphatic carbocycles. The third-order valence-corrected chi connectivity index (χ3v) is 8.35. The fourth-order valence-electron chi connectivity index (χ4n) is 4.20. The van der Waals surface area contributed by atoms with Gasteiger partial charge < -0.3 is 18.9 Å². The van der Waals surface area contributed by atoms with Crippen molar-refractivity contribution < 1.29 is 18.9 Å². The molecule has 5 rings (SSSR count). The first-order valence-corrected chi connectivity index (χ1v) is 14.8. The van der Waals surface area contributed by atoms with Gasteiger partial charge >= 0.3 is 0 Å². The van der Waals surface area contributed by atoms with Crippen LogP contribution < -0.4 is 14.2 Å². The van der Waals surface area contributed by atoms with Crippen LogP contribution in [0.25, 0.3) is 0 Å². The highest BCUT2D eigenvalue weighted by Crippen LogP contribution is 2.35. The number of aromatic nitrogens is 2. The van der Waals surface area contributed by atoms with Gasteiger partial charge in [0.15, 0.2) is 21.0 Å². The number of rotatable bonds is 13. The van der Waals surface area contributed by atoms with Gasteiger partial charge in [-0.1, -0.05) is 12.1 Å². The molecule has 6 nitrogen and oxygen atoms in total. The van der Waals surface area contributed by atoms with Gasteiger partial charge in [0.2, 0.25) is 0 Å². The van der Waals surface area contributed by atoms with Gasteiger partial charge in [0.05, 0.1) is 10.9 Å². The zero-order valence-corrected chi connectivity index (χ0v) is 24.0. The number of hydrogen-bond acceptors (Lipinski definition) is 6. The SMILES string of the molecule is CCOC(C)Oc1ccc([S+](c2cccc(OCc3ccncc3)c2)c2cccc(OCc3ccncc3)c2)cc1. The molecule has 0 saturated carbocycles. The average Bonchev–Trinajstić information content (AvgIpc) is 3.02. The van der Waals surface area contributed by atoms with E-state index in [9.17, 15) is 0 Å². The molecule has 7 heteroatoms. The Bertz CT molecular complexity index is 1410. The lowest BCUT2D eigenvalue weighted by Crippen LogP contribution is -2.16. The summed E-state index contributed by atoms with van der Waals surface area (Å²) >= 11 is 0. The Labute approximate surface area is 244 Å². The maximum atomic E-state index is 6.16. The molecule has 0 N–H and O–H groups in total. The van der Waals surface area contributed by atoms with Crippen LogP contribution in [0.1, 0.15) is 25.0 Å². The van der Waals surface area contributed by atoms with Crippen molar-refractivity contribution in [3.05, 3.63) is 133 Å². The average molecular weight is 566 g/mol. The minimum Gasteiger partial charge on any atom is -0.489 e. The summed E-state index contributed by atoms with van der Waals surface area (Å²) in [6.45, 7) is 5.40. The van der Waals surface area contributed by atoms with Crippen molar-refractivity contribution in [2.24, 2.45) is 0 Å². The van der Waals surface area contributed by atoms with Crippen molar-refractivity contribution in [2.45, 2.75) is 48.0 Å². The molecule has 2 heterocycles. The highest BCUT2D eigenvalue weighted by molar-refractivity contribution is 7.97. The molecule has 1 atom stereocenters. The minimum absolute atomic E-state index is 0.312. The Hall–Kier alpha value is -4.33. The van der Waals surface area contributed by atoms with Crippen LogP contribution in [0.15, 0.2) is 137 Å². The predicted molar refractivity (Wildman–Crippen MR) is 160 cm³/mol. The number of benzene rings is 3. The predicted octanol–water partition coefficient (Wildman–Crippen LogP) is 7.49. The smallest absolute Gasteiger partial charge is 0.196 e. The van der Waals surface area contributed by atoms with Gasteiger partial charge in [-0.3, -0.25) is 9.97 Å². The summed E-state index contributed by atoms with van der Waals surface area (Å²) < 4.78 is 23.8. The van der Waals surface area contributed by atoms with Crippen LogP contribution >= 0.6 is 0 Å². The Morgan fingerprint density at radius 2 is 1.12 bits per heavy atom. The molecule has 0 aliphatic rings. The Morgan fingerprint density at radius 3 is 1.61 bits per heavy atom. The lowest BCUT2D eigenvalue weighted by atomic mass is 10.3. The van der Waals surface area contributed by atoms with Gasteiger partial charge in [-0.05, 0) is 97.8 Å². The van der Waals surface area contributed by atoms with Crippen molar-refractivity contribution >= 4 is 10.9 Å². The van der Waals surface area contributed by atoms with Crippen LogP contribution in [0.5, 0.6) is 17.2 Å². The number of nitrogens with zero attached hydrogens (tertiary/aromatic N) is 2. The number of hydrogen-bond donors (Lipinski definition) is 0. The van der Waals surface area contributed by atoms with E-state index in [1.54, 1.807) is 24.8 Å². The fourth-order valence-corrected chi connectivity index (χ4v) is 6.32. The van der Waals surface area contributed by atoms with Gasteiger partial charge in [-0.2, -0.15) is 0 Å². The van der Waals surface area contributed by atoms with Crippen molar-refractivity contribution in [1.29, 1.82) is 0 Å². The molecule has 0 amide bonds. The molecule has 0 radical (unpaired) electrons. The summed E-state index contributed by atoms with van der Waals surface area (Å²) in [6, 6.07) is 32.7. The standard InChI is InChI=1S/C34H33N2O4S/c1-3-37-26(2)40-29-10-12-32(13-11-29)41(33-8-4-6-30(22-33)38-24-27-14-18-35-19-15-27)34-9-5-7-31(23-34)39-25-28-16-20-36-21-17-28/h4-23,26H,3,24-25H2,1-2H3/q+1. The fraction of sp³-hybridized carbons (Fsp3) is 0.176. The second-order valence-corrected chi connectivity index (χ2v) is 11.2. The monoisotopic (exact) mass is 565 g/mol. The summed E-state index contributed by atoms with van der Waals surface area (Å²) in [5.41, 5.74) is 2.14. The van der Waals surface area contributed by atoms with Crippen LogP contribution in [0.3, 0.4) is 0 Å². The largest absolute Gasteiger partial charge is 0.489 e. The van der Waals surface area contributed by atoms with E-state index in [0.717, 1.165) is 43.1 Å². The third-order valence-electron chi connectivity index (χ3n) is 6.15. The van der Waals surface area contributed by atoms with Gasteiger partial charge in [-0.25, -0.2) is 0 Å². The summed E-state index contributed by atoms with van der Waals surface area (Å²) in [7, 11) is -0.422. The van der Waals surface area contributed by atoms with Crippen LogP contribution in [-0.2, 0) is 28.8 Å². The van der Waals surface area contributed by atoms with E-state index in [1.165, 1.54) is 0 Å². The molecular weight excluding hydrogens is 532 g/mol. The first kappa shape index (κ1) is 28.2. The van der Waals surface area contributed by atoms with Crippen LogP contribution in [0.4, 0.5) is 0 Å². The number of ether oxygens (including phenoxy) is 4. The summed E-state index contributed by atoms with van der Waals surface area (Å²) in [4.78, 5) is 11.6. The van der Waals surface area contributed by atoms with Crippen LogP contribution in [-0.4, -0.2) is 22.9 Å². The Kier molecular flexibility index (Phi) is 9.87. The molecule has 5 aromatic rings. The molecule has 0 bridgehead atoms. The second-order valence-electron chi connectivity index (χ2n) is 9.16. The van der Waals surface area contributed by atoms with E-state index in [1.807, 2.05) is 74.5 Å². The zero-order chi connectivity index (χ0) is 28.3. The highest BCUT2D eigenvalue weighted by Gasteiger charge is 2.30. The van der Waals surface area contributed by atoms with Crippen molar-refractivity contribution in [3.8, 4) is 17.2 Å². The van der Waals surface area contributed by atoms with E-state index in [-0.39, 0.29) is 6.29 Å². The normalized spacial score (nSPS) is 11.7. The topological polar surface area (TPSA) is 62.7 Å². The van der Waals surface area contributed by atoms with E-state index in [2.05, 4.69) is 46.4 Å². The molecule has 2 aromatic heterocycles. The van der Waals surface area contributed by atoms with E-state index >= 15 is 0 Å². The van der Waals surface area contributed by atoms with Crippen molar-refractivity contribution in [3.63, 3.8) is 0 Å². The summed E-state index contributed by atoms with van der Waals surface area (Å²) in [5, 5.41) is 0. The van der Waals surface area contributed by atoms with E-state index in [0.29, 0.717) is 19.8 Å². The molecule has 208 valence electrons. The maximum absolute atomic E-state index is 6.16. The lowest BCUT2D eigenvalue weighted by Gasteiger charge is -2.15. The Morgan fingerprint density at radius 1 is 0.610 bits per heavy atom. The molecular formula is C34H33N2O4S+. The van der Waals surface area contributed by atoms with Crippen LogP contribution in [0, 0.1) is 0 Å². The quantitative estimate of drug-likeness (QED) is 0.109. The third kappa shape index (κ3) is 8.10. The van der Waals surface area contributed by atoms with E-state index in [4.69, 9.17) is 18.9 Å². The highest BCUT2D eigenvalue weighted by atomic mass is 32.2. The van der Waals surface area contributed by atoms with Gasteiger partial charge in [0, 0.05) is 43.5 Å². The summed E-state index contributed by atoms with van der Waals surface area (Å²) in [6.07, 6.45) is 6.79. The van der Waals surface area contributed by atoms with Gasteiger partial charge in [-0.15, -0.1) is 0 Å². The maximum Gasteiger partial charge on any atom is 0.196 e. The van der Waals surface area contributed by atoms with Crippen molar-refractivity contribution in [2.75, 3.05) is 6.61 Å². The van der Waals surface area contributed by atoms with Gasteiger partial charge in [0.1, 0.15) is 30.5 Å². The zero-order valence-electron chi connectivity index (χ0n) is 23.2. The first-order valence-electron chi connectivity index (χ1n) is 13.5. The molecule has 0 saturated heterocycles. The molecule has 0 spiro atoms. The van der Waals surface area contributed by atoms with Gasteiger partial charge in [0.25, 0.3) is 0 Å². The van der Waals surface area contributed by atoms with Crippen molar-refractivity contribution in [1.82, 2.24) is 9.97 Å². The molecule has 41 heavy (non-hydrogen) atoms. The molecule has 3 aromatic carbocycles. The molecule has 0 fully saturated rings. The summed E-state index contributed by atoms with van der Waals surface area (Å²) in [5.74, 6) is 2.39. The lowest BCUT2D eigenvalue weighted by molar-refractivity contribution is -0.0613. The Balaban J connectivity index is 1.43. The molecule has 0 aliphatic heterocycles. The van der Waals surface area contributed by atoms with E-state index < -0.39 is 10.9 Å².